The minimum Gasteiger partial charge on any atom is -0.488 e. The highest BCUT2D eigenvalue weighted by Gasteiger charge is 2.12. The summed E-state index contributed by atoms with van der Waals surface area (Å²) in [6.07, 6.45) is 1.44. The Labute approximate surface area is 186 Å². The Bertz CT molecular complexity index is 1160. The Hall–Kier alpha value is -3.14. The maximum Gasteiger partial charge on any atom is 0.266 e. The summed E-state index contributed by atoms with van der Waals surface area (Å²) in [6, 6.07) is 19.8. The molecular formula is C23H15BrClFN2O2. The van der Waals surface area contributed by atoms with E-state index in [-0.39, 0.29) is 18.0 Å². The average molecular weight is 486 g/mol. The van der Waals surface area contributed by atoms with Crippen LogP contribution in [0.1, 0.15) is 11.1 Å². The molecule has 0 bridgehead atoms. The van der Waals surface area contributed by atoms with Crippen molar-refractivity contribution in [3.8, 4) is 11.8 Å². The number of hydrogen-bond acceptors (Lipinski definition) is 3. The molecule has 0 spiro atoms. The van der Waals surface area contributed by atoms with Gasteiger partial charge in [0.1, 0.15) is 29.8 Å². The van der Waals surface area contributed by atoms with Gasteiger partial charge in [0.15, 0.2) is 0 Å². The van der Waals surface area contributed by atoms with E-state index in [0.717, 1.165) is 4.47 Å². The van der Waals surface area contributed by atoms with E-state index < -0.39 is 5.91 Å². The second kappa shape index (κ2) is 10.1. The van der Waals surface area contributed by atoms with E-state index in [2.05, 4.69) is 21.2 Å². The lowest BCUT2D eigenvalue weighted by Crippen LogP contribution is -2.13. The monoisotopic (exact) mass is 484 g/mol. The highest BCUT2D eigenvalue weighted by atomic mass is 79.9. The molecule has 0 aromatic heterocycles. The fourth-order valence-corrected chi connectivity index (χ4v) is 3.19. The number of halogens is 3. The van der Waals surface area contributed by atoms with Gasteiger partial charge in [0.25, 0.3) is 5.91 Å². The molecule has 3 rings (SSSR count). The van der Waals surface area contributed by atoms with Gasteiger partial charge in [-0.05, 0) is 60.2 Å². The molecule has 0 fully saturated rings. The van der Waals surface area contributed by atoms with Crippen LogP contribution in [0.15, 0.2) is 76.8 Å². The van der Waals surface area contributed by atoms with Gasteiger partial charge in [-0.1, -0.05) is 45.7 Å². The first-order valence-corrected chi connectivity index (χ1v) is 9.97. The molecule has 1 amide bonds. The van der Waals surface area contributed by atoms with Gasteiger partial charge in [0.05, 0.1) is 0 Å². The van der Waals surface area contributed by atoms with Crippen molar-refractivity contribution in [1.82, 2.24) is 0 Å². The molecule has 0 heterocycles. The van der Waals surface area contributed by atoms with Crippen molar-refractivity contribution in [2.45, 2.75) is 6.61 Å². The minimum absolute atomic E-state index is 0.108. The summed E-state index contributed by atoms with van der Waals surface area (Å²) >= 11 is 9.31. The first-order chi connectivity index (χ1) is 14.4. The number of benzene rings is 3. The number of hydrogen-bond donors (Lipinski definition) is 1. The van der Waals surface area contributed by atoms with Crippen LogP contribution in [0, 0.1) is 17.1 Å². The Morgan fingerprint density at radius 3 is 2.70 bits per heavy atom. The van der Waals surface area contributed by atoms with Gasteiger partial charge in [0, 0.05) is 20.7 Å². The molecule has 0 radical (unpaired) electrons. The number of amides is 1. The molecule has 0 aliphatic heterocycles. The van der Waals surface area contributed by atoms with E-state index in [1.807, 2.05) is 6.07 Å². The summed E-state index contributed by atoms with van der Waals surface area (Å²) in [7, 11) is 0. The zero-order valence-electron chi connectivity index (χ0n) is 15.5. The third kappa shape index (κ3) is 5.93. The van der Waals surface area contributed by atoms with E-state index in [1.54, 1.807) is 54.6 Å². The van der Waals surface area contributed by atoms with Crippen molar-refractivity contribution in [3.63, 3.8) is 0 Å². The van der Waals surface area contributed by atoms with E-state index >= 15 is 0 Å². The van der Waals surface area contributed by atoms with Crippen LogP contribution < -0.4 is 10.1 Å². The molecule has 0 aliphatic rings. The summed E-state index contributed by atoms with van der Waals surface area (Å²) in [6.45, 7) is 0.136. The Morgan fingerprint density at radius 1 is 1.17 bits per heavy atom. The number of nitrogens with zero attached hydrogens (tertiary/aromatic N) is 1. The molecule has 30 heavy (non-hydrogen) atoms. The lowest BCUT2D eigenvalue weighted by atomic mass is 10.1. The second-order valence-electron chi connectivity index (χ2n) is 6.24. The molecule has 1 N–H and O–H groups in total. The predicted octanol–water partition coefficient (Wildman–Crippen LogP) is 6.37. The molecule has 3 aromatic carbocycles. The molecule has 0 atom stereocenters. The number of carbonyl (C=O) groups excluding carboxylic acids is 1. The molecule has 4 nitrogen and oxygen atoms in total. The highest BCUT2D eigenvalue weighted by Crippen LogP contribution is 2.27. The summed E-state index contributed by atoms with van der Waals surface area (Å²) < 4.78 is 19.9. The van der Waals surface area contributed by atoms with Crippen molar-refractivity contribution in [3.05, 3.63) is 98.7 Å². The van der Waals surface area contributed by atoms with Gasteiger partial charge in [-0.3, -0.25) is 4.79 Å². The summed E-state index contributed by atoms with van der Waals surface area (Å²) in [4.78, 5) is 12.5. The van der Waals surface area contributed by atoms with Gasteiger partial charge < -0.3 is 10.1 Å². The minimum atomic E-state index is -0.573. The van der Waals surface area contributed by atoms with Crippen LogP contribution in [-0.4, -0.2) is 5.91 Å². The quantitative estimate of drug-likeness (QED) is 0.326. The third-order valence-corrected chi connectivity index (χ3v) is 4.73. The van der Waals surface area contributed by atoms with Crippen LogP contribution in [0.3, 0.4) is 0 Å². The molecule has 0 unspecified atom stereocenters. The fourth-order valence-electron chi connectivity index (χ4n) is 2.62. The van der Waals surface area contributed by atoms with Crippen molar-refractivity contribution >= 4 is 45.2 Å². The van der Waals surface area contributed by atoms with Crippen LogP contribution in [0.2, 0.25) is 5.02 Å². The molecule has 7 heteroatoms. The first-order valence-electron chi connectivity index (χ1n) is 8.80. The molecule has 0 saturated carbocycles. The standard InChI is InChI=1S/C23H15BrClFN2O2/c24-18-7-8-22(30-14-15-3-1-5-20(26)9-15)16(11-18)10-17(13-27)23(29)28-21-6-2-4-19(25)12-21/h1-12H,14H2,(H,28,29)/b17-10+. The summed E-state index contributed by atoms with van der Waals surface area (Å²) in [5.74, 6) is -0.474. The molecule has 0 saturated heterocycles. The molecular weight excluding hydrogens is 471 g/mol. The molecule has 150 valence electrons. The van der Waals surface area contributed by atoms with Crippen LogP contribution in [-0.2, 0) is 11.4 Å². The Morgan fingerprint density at radius 2 is 1.97 bits per heavy atom. The first kappa shape index (κ1) is 21.6. The van der Waals surface area contributed by atoms with Gasteiger partial charge in [0.2, 0.25) is 0 Å². The lowest BCUT2D eigenvalue weighted by molar-refractivity contribution is -0.112. The summed E-state index contributed by atoms with van der Waals surface area (Å²) in [5.41, 5.74) is 1.56. The third-order valence-electron chi connectivity index (χ3n) is 4.00. The Balaban J connectivity index is 1.83. The smallest absolute Gasteiger partial charge is 0.266 e. The fraction of sp³-hybridized carbons (Fsp3) is 0.0435. The molecule has 0 aliphatic carbocycles. The van der Waals surface area contributed by atoms with E-state index in [1.165, 1.54) is 18.2 Å². The van der Waals surface area contributed by atoms with Gasteiger partial charge in [-0.15, -0.1) is 0 Å². The highest BCUT2D eigenvalue weighted by molar-refractivity contribution is 9.10. The van der Waals surface area contributed by atoms with Crippen LogP contribution in [0.4, 0.5) is 10.1 Å². The number of rotatable bonds is 6. The number of carbonyl (C=O) groups is 1. The average Bonchev–Trinajstić information content (AvgIpc) is 2.71. The van der Waals surface area contributed by atoms with Crippen molar-refractivity contribution in [2.75, 3.05) is 5.32 Å². The topological polar surface area (TPSA) is 62.1 Å². The van der Waals surface area contributed by atoms with Crippen molar-refractivity contribution in [2.24, 2.45) is 0 Å². The SMILES string of the molecule is N#C/C(=C\c1cc(Br)ccc1OCc1cccc(F)c1)C(=O)Nc1cccc(Cl)c1. The predicted molar refractivity (Wildman–Crippen MR) is 119 cm³/mol. The second-order valence-corrected chi connectivity index (χ2v) is 7.59. The maximum atomic E-state index is 13.4. The normalized spacial score (nSPS) is 10.9. The maximum absolute atomic E-state index is 13.4. The van der Waals surface area contributed by atoms with Crippen LogP contribution in [0.5, 0.6) is 5.75 Å². The van der Waals surface area contributed by atoms with Crippen LogP contribution >= 0.6 is 27.5 Å². The van der Waals surface area contributed by atoms with Crippen LogP contribution in [0.25, 0.3) is 6.08 Å². The largest absolute Gasteiger partial charge is 0.488 e. The number of ether oxygens (including phenoxy) is 1. The molecule has 3 aromatic rings. The van der Waals surface area contributed by atoms with E-state index in [0.29, 0.717) is 27.6 Å². The zero-order chi connectivity index (χ0) is 21.5. The zero-order valence-corrected chi connectivity index (χ0v) is 17.9. The number of nitriles is 1. The number of nitrogens with one attached hydrogen (secondary N) is 1. The van der Waals surface area contributed by atoms with Crippen molar-refractivity contribution in [1.29, 1.82) is 5.26 Å². The lowest BCUT2D eigenvalue weighted by Gasteiger charge is -2.11. The van der Waals surface area contributed by atoms with Gasteiger partial charge >= 0.3 is 0 Å². The van der Waals surface area contributed by atoms with E-state index in [4.69, 9.17) is 16.3 Å². The van der Waals surface area contributed by atoms with E-state index in [9.17, 15) is 14.4 Å². The summed E-state index contributed by atoms with van der Waals surface area (Å²) in [5, 5.41) is 12.6. The number of anilines is 1. The van der Waals surface area contributed by atoms with Crippen molar-refractivity contribution < 1.29 is 13.9 Å². The van der Waals surface area contributed by atoms with Gasteiger partial charge in [-0.2, -0.15) is 5.26 Å². The van der Waals surface area contributed by atoms with Gasteiger partial charge in [-0.25, -0.2) is 4.39 Å². The Kier molecular flexibility index (Phi) is 7.23.